The second-order valence-electron chi connectivity index (χ2n) is 9.13. The van der Waals surface area contributed by atoms with Crippen molar-refractivity contribution in [1.29, 1.82) is 0 Å². The summed E-state index contributed by atoms with van der Waals surface area (Å²) in [6, 6.07) is 0. The van der Waals surface area contributed by atoms with Crippen LogP contribution in [0.5, 0.6) is 0 Å². The molecule has 4 nitrogen and oxygen atoms in total. The quantitative estimate of drug-likeness (QED) is 0.539. The van der Waals surface area contributed by atoms with Crippen molar-refractivity contribution in [2.45, 2.75) is 95.9 Å². The topological polar surface area (TPSA) is 47.9 Å². The van der Waals surface area contributed by atoms with Crippen molar-refractivity contribution in [3.63, 3.8) is 0 Å². The number of hydrogen-bond acceptors (Lipinski definition) is 4. The molecule has 2 rings (SSSR count). The van der Waals surface area contributed by atoms with Crippen LogP contribution in [0.3, 0.4) is 0 Å². The summed E-state index contributed by atoms with van der Waals surface area (Å²) in [4.78, 5) is 0. The molecule has 0 amide bonds. The second-order valence-corrected chi connectivity index (χ2v) is 18.0. The van der Waals surface area contributed by atoms with Crippen LogP contribution in [0.1, 0.15) is 55.4 Å². The van der Waals surface area contributed by atoms with E-state index in [0.717, 1.165) is 0 Å². The van der Waals surface area contributed by atoms with Crippen molar-refractivity contribution < 1.29 is 22.5 Å². The molecule has 1 N–H and O–H groups in total. The van der Waals surface area contributed by atoms with Gasteiger partial charge in [-0.05, 0) is 27.7 Å². The Morgan fingerprint density at radius 2 is 1.42 bits per heavy atom. The summed E-state index contributed by atoms with van der Waals surface area (Å²) < 4.78 is 35.1. The van der Waals surface area contributed by atoms with Crippen LogP contribution < -0.4 is 0 Å². The molecule has 1 saturated carbocycles. The fourth-order valence-electron chi connectivity index (χ4n) is 4.53. The number of fused-ring (bicyclic) bond motifs is 1. The zero-order valence-corrected chi connectivity index (χ0v) is 19.6. The van der Waals surface area contributed by atoms with Crippen LogP contribution in [0.4, 0.5) is 4.39 Å². The Kier molecular flexibility index (Phi) is 6.63. The molecule has 1 heterocycles. The summed E-state index contributed by atoms with van der Waals surface area (Å²) in [6.07, 6.45) is -3.40. The molecule has 0 spiro atoms. The lowest BCUT2D eigenvalue weighted by Gasteiger charge is -2.51. The van der Waals surface area contributed by atoms with E-state index in [-0.39, 0.29) is 28.1 Å². The van der Waals surface area contributed by atoms with Crippen LogP contribution in [0, 0.1) is 5.92 Å². The van der Waals surface area contributed by atoms with Gasteiger partial charge in [-0.3, -0.25) is 0 Å². The normalized spacial score (nSPS) is 34.5. The first-order valence-corrected chi connectivity index (χ1v) is 13.9. The molecule has 0 aromatic rings. The van der Waals surface area contributed by atoms with Crippen LogP contribution in [0.2, 0.25) is 22.2 Å². The minimum atomic E-state index is -2.82. The number of hydrogen-bond donors (Lipinski definition) is 1. The van der Waals surface area contributed by atoms with Crippen molar-refractivity contribution >= 4 is 17.1 Å². The number of alkyl halides is 1. The maximum atomic E-state index is 14.9. The van der Waals surface area contributed by atoms with E-state index in [1.165, 1.54) is 0 Å². The van der Waals surface area contributed by atoms with Gasteiger partial charge in [0.05, 0.1) is 6.10 Å². The van der Waals surface area contributed by atoms with Gasteiger partial charge in [-0.15, -0.1) is 0 Å². The second kappa shape index (κ2) is 7.75. The Labute approximate surface area is 160 Å². The Bertz CT molecular complexity index is 508. The molecule has 152 valence electrons. The molecule has 26 heavy (non-hydrogen) atoms. The van der Waals surface area contributed by atoms with Gasteiger partial charge in [0, 0.05) is 12.5 Å². The van der Waals surface area contributed by atoms with E-state index in [0.29, 0.717) is 12.2 Å². The number of halogens is 1. The molecule has 1 unspecified atom stereocenters. The molecular formula is C19H37FO4Si2. The minimum Gasteiger partial charge on any atom is -0.414 e. The van der Waals surface area contributed by atoms with Crippen LogP contribution in [0.25, 0.3) is 0 Å². The summed E-state index contributed by atoms with van der Waals surface area (Å²) in [6.45, 7) is 21.3. The van der Waals surface area contributed by atoms with Gasteiger partial charge >= 0.3 is 17.1 Å². The monoisotopic (exact) mass is 404 g/mol. The van der Waals surface area contributed by atoms with E-state index >= 15 is 0 Å². The van der Waals surface area contributed by atoms with Crippen LogP contribution in [0.15, 0.2) is 12.2 Å². The van der Waals surface area contributed by atoms with Gasteiger partial charge in [0.25, 0.3) is 0 Å². The zero-order chi connectivity index (χ0) is 20.0. The third kappa shape index (κ3) is 3.39. The Morgan fingerprint density at radius 1 is 0.962 bits per heavy atom. The molecule has 2 fully saturated rings. The highest BCUT2D eigenvalue weighted by atomic mass is 28.5. The predicted octanol–water partition coefficient (Wildman–Crippen LogP) is 4.83. The lowest BCUT2D eigenvalue weighted by molar-refractivity contribution is -0.00437. The lowest BCUT2D eigenvalue weighted by atomic mass is 10.0. The standard InChI is InChI=1S/C19H37FO4Si2/c1-11(2)25(12(3)4)22-10-16-15(9)18(21)17(20)19(16)23-26(24-25,13(5)6)14(7)8/h11-14,16-19,21H,9-10H2,1-8H3/t16-,17-,18-,19?/m0/s1. The third-order valence-corrected chi connectivity index (χ3v) is 16.5. The van der Waals surface area contributed by atoms with E-state index < -0.39 is 35.5 Å². The summed E-state index contributed by atoms with van der Waals surface area (Å²) in [5.41, 5.74) is 1.27. The molecule has 2 aliphatic rings. The van der Waals surface area contributed by atoms with Crippen molar-refractivity contribution in [3.05, 3.63) is 12.2 Å². The minimum absolute atomic E-state index is 0.146. The van der Waals surface area contributed by atoms with Gasteiger partial charge in [-0.25, -0.2) is 4.39 Å². The van der Waals surface area contributed by atoms with E-state index in [1.807, 2.05) is 0 Å². The SMILES string of the molecule is C=C1[C@@H]2CO[Si](C(C)C)(C(C)C)O[Si](C(C)C)(C(C)C)OC2[C@@H](F)[C@H]1O. The highest BCUT2D eigenvalue weighted by Crippen LogP contribution is 2.49. The molecule has 0 radical (unpaired) electrons. The lowest BCUT2D eigenvalue weighted by Crippen LogP contribution is -2.65. The average Bonchev–Trinajstić information content (AvgIpc) is 2.70. The largest absolute Gasteiger partial charge is 0.414 e. The van der Waals surface area contributed by atoms with Gasteiger partial charge in [0.1, 0.15) is 6.10 Å². The molecule has 1 saturated heterocycles. The van der Waals surface area contributed by atoms with Crippen LogP contribution in [-0.4, -0.2) is 47.2 Å². The Balaban J connectivity index is 2.59. The van der Waals surface area contributed by atoms with Gasteiger partial charge in [-0.2, -0.15) is 0 Å². The maximum Gasteiger partial charge on any atom is 0.335 e. The molecular weight excluding hydrogens is 367 g/mol. The molecule has 0 bridgehead atoms. The van der Waals surface area contributed by atoms with Crippen molar-refractivity contribution in [2.75, 3.05) is 6.61 Å². The summed E-state index contributed by atoms with van der Waals surface area (Å²) in [7, 11) is -5.45. The van der Waals surface area contributed by atoms with Gasteiger partial charge in [0.2, 0.25) is 0 Å². The number of aliphatic hydroxyl groups is 1. The molecule has 7 heteroatoms. The first-order valence-electron chi connectivity index (χ1n) is 9.93. The fraction of sp³-hybridized carbons (Fsp3) is 0.895. The zero-order valence-electron chi connectivity index (χ0n) is 17.6. The predicted molar refractivity (Wildman–Crippen MR) is 107 cm³/mol. The third-order valence-electron chi connectivity index (χ3n) is 6.21. The summed E-state index contributed by atoms with van der Waals surface area (Å²) in [5, 5.41) is 10.3. The van der Waals surface area contributed by atoms with Gasteiger partial charge in [-0.1, -0.05) is 62.0 Å². The molecule has 0 aromatic carbocycles. The van der Waals surface area contributed by atoms with Crippen LogP contribution >= 0.6 is 0 Å². The molecule has 1 aliphatic carbocycles. The van der Waals surface area contributed by atoms with Gasteiger partial charge < -0.3 is 18.1 Å². The Morgan fingerprint density at radius 3 is 1.85 bits per heavy atom. The fourth-order valence-corrected chi connectivity index (χ4v) is 15.8. The van der Waals surface area contributed by atoms with E-state index in [4.69, 9.17) is 13.0 Å². The van der Waals surface area contributed by atoms with Crippen molar-refractivity contribution in [2.24, 2.45) is 5.92 Å². The first-order chi connectivity index (χ1) is 11.9. The Hall–Kier alpha value is -0.0562. The molecule has 4 atom stereocenters. The summed E-state index contributed by atoms with van der Waals surface area (Å²) in [5.74, 6) is -0.322. The molecule has 1 aliphatic heterocycles. The highest BCUT2D eigenvalue weighted by molar-refractivity contribution is 6.83. The number of rotatable bonds is 4. The van der Waals surface area contributed by atoms with E-state index in [2.05, 4.69) is 62.0 Å². The first kappa shape index (κ1) is 22.2. The summed E-state index contributed by atoms with van der Waals surface area (Å²) >= 11 is 0. The van der Waals surface area contributed by atoms with E-state index in [9.17, 15) is 9.50 Å². The molecule has 0 aromatic heterocycles. The highest BCUT2D eigenvalue weighted by Gasteiger charge is 2.61. The number of aliphatic hydroxyl groups excluding tert-OH is 1. The average molecular weight is 405 g/mol. The van der Waals surface area contributed by atoms with E-state index in [1.54, 1.807) is 0 Å². The van der Waals surface area contributed by atoms with Crippen molar-refractivity contribution in [1.82, 2.24) is 0 Å². The van der Waals surface area contributed by atoms with Crippen LogP contribution in [-0.2, 0) is 13.0 Å². The maximum absolute atomic E-state index is 14.9. The van der Waals surface area contributed by atoms with Crippen molar-refractivity contribution in [3.8, 4) is 0 Å². The van der Waals surface area contributed by atoms with Gasteiger partial charge in [0.15, 0.2) is 6.17 Å². The smallest absolute Gasteiger partial charge is 0.335 e.